The van der Waals surface area contributed by atoms with Gasteiger partial charge in [0.2, 0.25) is 5.89 Å². The van der Waals surface area contributed by atoms with Crippen LogP contribution in [0.2, 0.25) is 0 Å². The van der Waals surface area contributed by atoms with Crippen LogP contribution < -0.4 is 5.32 Å². The number of aromatic nitrogens is 2. The van der Waals surface area contributed by atoms with Crippen LogP contribution in [0, 0.1) is 0 Å². The number of nitrogens with one attached hydrogen (secondary N) is 1. The average Bonchev–Trinajstić information content (AvgIpc) is 3.31. The molecule has 2 heterocycles. The van der Waals surface area contributed by atoms with Gasteiger partial charge < -0.3 is 19.5 Å². The molecule has 0 radical (unpaired) electrons. The number of amides is 2. The zero-order valence-corrected chi connectivity index (χ0v) is 15.2. The molecule has 1 saturated carbocycles. The van der Waals surface area contributed by atoms with Crippen molar-refractivity contribution in [2.75, 3.05) is 26.2 Å². The highest BCUT2D eigenvalue weighted by Gasteiger charge is 2.25. The molecule has 2 aliphatic rings. The van der Waals surface area contributed by atoms with E-state index in [1.54, 1.807) is 0 Å². The van der Waals surface area contributed by atoms with Gasteiger partial charge in [-0.1, -0.05) is 24.9 Å². The molecule has 1 aromatic rings. The lowest BCUT2D eigenvalue weighted by Crippen LogP contribution is -2.48. The molecule has 0 aromatic carbocycles. The summed E-state index contributed by atoms with van der Waals surface area (Å²) in [4.78, 5) is 18.7. The van der Waals surface area contributed by atoms with Crippen LogP contribution >= 0.6 is 0 Å². The third-order valence-electron chi connectivity index (χ3n) is 5.04. The summed E-state index contributed by atoms with van der Waals surface area (Å²) in [6, 6.07) is -0.0238. The first-order valence-electron chi connectivity index (χ1n) is 9.73. The fourth-order valence-corrected chi connectivity index (χ4v) is 3.64. The summed E-state index contributed by atoms with van der Waals surface area (Å²) in [5.74, 6) is 1.89. The normalized spacial score (nSPS) is 21.6. The van der Waals surface area contributed by atoms with Gasteiger partial charge in [-0.15, -0.1) is 0 Å². The minimum atomic E-state index is -0.0238. The monoisotopic (exact) mass is 350 g/mol. The summed E-state index contributed by atoms with van der Waals surface area (Å²) < 4.78 is 11.2. The zero-order valence-electron chi connectivity index (χ0n) is 15.2. The van der Waals surface area contributed by atoms with Crippen molar-refractivity contribution >= 4 is 6.03 Å². The summed E-state index contributed by atoms with van der Waals surface area (Å²) in [6.07, 6.45) is 8.61. The molecule has 1 unspecified atom stereocenters. The molecule has 7 heteroatoms. The molecule has 140 valence electrons. The van der Waals surface area contributed by atoms with Gasteiger partial charge in [0, 0.05) is 38.6 Å². The van der Waals surface area contributed by atoms with Crippen molar-refractivity contribution in [1.82, 2.24) is 20.4 Å². The second-order valence-corrected chi connectivity index (χ2v) is 7.09. The highest BCUT2D eigenvalue weighted by Crippen LogP contribution is 2.32. The first kappa shape index (κ1) is 18.2. The molecule has 1 aliphatic carbocycles. The molecule has 25 heavy (non-hydrogen) atoms. The molecule has 7 nitrogen and oxygen atoms in total. The Morgan fingerprint density at radius 1 is 1.32 bits per heavy atom. The van der Waals surface area contributed by atoms with Crippen LogP contribution in [0.5, 0.6) is 0 Å². The fraction of sp³-hybridized carbons (Fsp3) is 0.833. The molecule has 3 rings (SSSR count). The smallest absolute Gasteiger partial charge is 0.317 e. The van der Waals surface area contributed by atoms with Crippen molar-refractivity contribution < 1.29 is 14.1 Å². The Labute approximate surface area is 149 Å². The van der Waals surface area contributed by atoms with E-state index in [-0.39, 0.29) is 12.1 Å². The number of nitrogens with zero attached hydrogens (tertiary/aromatic N) is 3. The van der Waals surface area contributed by atoms with E-state index < -0.39 is 0 Å². The van der Waals surface area contributed by atoms with Crippen LogP contribution in [0.25, 0.3) is 0 Å². The third kappa shape index (κ3) is 5.17. The zero-order chi connectivity index (χ0) is 17.5. The molecule has 1 atom stereocenters. The number of likely N-dealkylation sites (tertiary alicyclic amines) is 1. The highest BCUT2D eigenvalue weighted by molar-refractivity contribution is 5.74. The second-order valence-electron chi connectivity index (χ2n) is 7.09. The second kappa shape index (κ2) is 9.17. The van der Waals surface area contributed by atoms with Crippen molar-refractivity contribution in [3.05, 3.63) is 11.7 Å². The summed E-state index contributed by atoms with van der Waals surface area (Å²) in [5.41, 5.74) is 0. The van der Waals surface area contributed by atoms with E-state index in [1.165, 1.54) is 12.8 Å². The topological polar surface area (TPSA) is 80.5 Å². The van der Waals surface area contributed by atoms with Gasteiger partial charge in [0.05, 0.1) is 6.10 Å². The molecule has 1 aliphatic heterocycles. The maximum atomic E-state index is 12.3. The van der Waals surface area contributed by atoms with Gasteiger partial charge in [-0.25, -0.2) is 4.79 Å². The minimum Gasteiger partial charge on any atom is -0.376 e. The summed E-state index contributed by atoms with van der Waals surface area (Å²) in [5, 5.41) is 7.01. The predicted molar refractivity (Wildman–Crippen MR) is 93.4 cm³/mol. The van der Waals surface area contributed by atoms with Gasteiger partial charge in [-0.3, -0.25) is 0 Å². The molecule has 1 N–H and O–H groups in total. The van der Waals surface area contributed by atoms with Crippen LogP contribution in [0.3, 0.4) is 0 Å². The predicted octanol–water partition coefficient (Wildman–Crippen LogP) is 2.87. The minimum absolute atomic E-state index is 0.0238. The Morgan fingerprint density at radius 3 is 2.96 bits per heavy atom. The molecule has 0 bridgehead atoms. The quantitative estimate of drug-likeness (QED) is 0.818. The molecule has 2 amide bonds. The number of carbonyl (C=O) groups excluding carboxylic acids is 1. The lowest BCUT2D eigenvalue weighted by Gasteiger charge is -2.32. The van der Waals surface area contributed by atoms with Crippen molar-refractivity contribution in [2.45, 2.75) is 70.3 Å². The van der Waals surface area contributed by atoms with Gasteiger partial charge in [-0.2, -0.15) is 4.98 Å². The Kier molecular flexibility index (Phi) is 6.67. The molecular formula is C18H30N4O3. The van der Waals surface area contributed by atoms with E-state index in [0.717, 1.165) is 51.1 Å². The first-order chi connectivity index (χ1) is 12.3. The number of piperidine rings is 1. The van der Waals surface area contributed by atoms with Crippen LogP contribution in [0.15, 0.2) is 4.52 Å². The van der Waals surface area contributed by atoms with Crippen LogP contribution in [-0.4, -0.2) is 53.4 Å². The number of rotatable bonds is 7. The van der Waals surface area contributed by atoms with Crippen molar-refractivity contribution in [1.29, 1.82) is 0 Å². The molecule has 1 aromatic heterocycles. The van der Waals surface area contributed by atoms with Crippen molar-refractivity contribution in [3.63, 3.8) is 0 Å². The Bertz CT molecular complexity index is 542. The molecule has 2 fully saturated rings. The van der Waals surface area contributed by atoms with Crippen LogP contribution in [0.1, 0.15) is 69.5 Å². The van der Waals surface area contributed by atoms with Crippen LogP contribution in [-0.2, 0) is 11.2 Å². The van der Waals surface area contributed by atoms with E-state index >= 15 is 0 Å². The molecular weight excluding hydrogens is 320 g/mol. The largest absolute Gasteiger partial charge is 0.376 e. The van der Waals surface area contributed by atoms with Gasteiger partial charge >= 0.3 is 6.03 Å². The maximum Gasteiger partial charge on any atom is 0.317 e. The van der Waals surface area contributed by atoms with Gasteiger partial charge in [0.25, 0.3) is 0 Å². The Morgan fingerprint density at radius 2 is 2.16 bits per heavy atom. The summed E-state index contributed by atoms with van der Waals surface area (Å²) >= 11 is 0. The van der Waals surface area contributed by atoms with Gasteiger partial charge in [-0.05, 0) is 32.1 Å². The third-order valence-corrected chi connectivity index (χ3v) is 5.04. The number of carbonyl (C=O) groups is 1. The van der Waals surface area contributed by atoms with E-state index in [1.807, 2.05) is 4.90 Å². The van der Waals surface area contributed by atoms with Crippen LogP contribution in [0.4, 0.5) is 4.79 Å². The van der Waals surface area contributed by atoms with E-state index in [2.05, 4.69) is 22.4 Å². The Hall–Kier alpha value is -1.63. The number of hydrogen-bond acceptors (Lipinski definition) is 5. The van der Waals surface area contributed by atoms with Gasteiger partial charge in [0.1, 0.15) is 0 Å². The number of urea groups is 1. The average molecular weight is 350 g/mol. The van der Waals surface area contributed by atoms with E-state index in [0.29, 0.717) is 31.3 Å². The van der Waals surface area contributed by atoms with Crippen molar-refractivity contribution in [2.24, 2.45) is 0 Å². The molecule has 0 spiro atoms. The van der Waals surface area contributed by atoms with E-state index in [9.17, 15) is 4.79 Å². The number of ether oxygens (including phenoxy) is 1. The Balaban J connectivity index is 1.38. The fourth-order valence-electron chi connectivity index (χ4n) is 3.64. The highest BCUT2D eigenvalue weighted by atomic mass is 16.5. The summed E-state index contributed by atoms with van der Waals surface area (Å²) in [7, 11) is 0. The standard InChI is InChI=1S/C18H30N4O3/c1-2-12-24-15-8-5-11-22(13-15)18(23)19-10-9-16-20-17(25-21-16)14-6-3-4-7-14/h14-15H,2-13H2,1H3,(H,19,23). The lowest BCUT2D eigenvalue weighted by molar-refractivity contribution is 0.0101. The SMILES string of the molecule is CCCOC1CCCN(C(=O)NCCc2noc(C3CCCC3)n2)C1. The maximum absolute atomic E-state index is 12.3. The van der Waals surface area contributed by atoms with E-state index in [4.69, 9.17) is 9.26 Å². The summed E-state index contributed by atoms with van der Waals surface area (Å²) in [6.45, 7) is 4.87. The van der Waals surface area contributed by atoms with Crippen molar-refractivity contribution in [3.8, 4) is 0 Å². The lowest BCUT2D eigenvalue weighted by atomic mass is 10.1. The van der Waals surface area contributed by atoms with Gasteiger partial charge in [0.15, 0.2) is 5.82 Å². The number of hydrogen-bond donors (Lipinski definition) is 1. The first-order valence-corrected chi connectivity index (χ1v) is 9.73. The molecule has 1 saturated heterocycles.